The first kappa shape index (κ1) is 22.0. The van der Waals surface area contributed by atoms with Gasteiger partial charge in [-0.25, -0.2) is 4.39 Å². The Kier molecular flexibility index (Phi) is 6.62. The van der Waals surface area contributed by atoms with Crippen LogP contribution in [0.4, 0.5) is 4.39 Å². The van der Waals surface area contributed by atoms with Crippen molar-refractivity contribution in [2.75, 3.05) is 0 Å². The average Bonchev–Trinajstić information content (AvgIpc) is 3.33. The zero-order valence-corrected chi connectivity index (χ0v) is 18.8. The standard InChI is InChI=1S/C21H23FN4O2S2/c1-13-9-10-29-18(13)17(19(27)23-21(2,3)4)26(20(28)16-12-30-25-24-16)11-14-7-5-6-8-15(14)22/h5-10,12,17H,11H2,1-4H3,(H,23,27)/t17-/m1/s1. The van der Waals surface area contributed by atoms with Crippen molar-refractivity contribution >= 4 is 34.7 Å². The van der Waals surface area contributed by atoms with Gasteiger partial charge < -0.3 is 10.2 Å². The van der Waals surface area contributed by atoms with Crippen LogP contribution in [0.1, 0.15) is 53.3 Å². The van der Waals surface area contributed by atoms with Gasteiger partial charge in [-0.15, -0.1) is 16.4 Å². The predicted molar refractivity (Wildman–Crippen MR) is 116 cm³/mol. The smallest absolute Gasteiger partial charge is 0.276 e. The molecule has 2 heterocycles. The van der Waals surface area contributed by atoms with Crippen molar-refractivity contribution in [1.82, 2.24) is 19.8 Å². The maximum absolute atomic E-state index is 14.5. The van der Waals surface area contributed by atoms with Crippen molar-refractivity contribution in [3.05, 3.63) is 68.6 Å². The number of aromatic nitrogens is 2. The summed E-state index contributed by atoms with van der Waals surface area (Å²) in [6, 6.07) is 7.19. The second-order valence-corrected chi connectivity index (χ2v) is 9.48. The van der Waals surface area contributed by atoms with E-state index >= 15 is 0 Å². The van der Waals surface area contributed by atoms with E-state index < -0.39 is 23.3 Å². The lowest BCUT2D eigenvalue weighted by Crippen LogP contribution is -2.49. The van der Waals surface area contributed by atoms with Crippen molar-refractivity contribution in [2.24, 2.45) is 0 Å². The molecule has 1 aromatic carbocycles. The van der Waals surface area contributed by atoms with E-state index in [-0.39, 0.29) is 18.1 Å². The minimum absolute atomic E-state index is 0.0808. The number of benzene rings is 1. The van der Waals surface area contributed by atoms with Crippen LogP contribution in [0.15, 0.2) is 41.1 Å². The highest BCUT2D eigenvalue weighted by Gasteiger charge is 2.36. The van der Waals surface area contributed by atoms with Crippen LogP contribution < -0.4 is 5.32 Å². The Morgan fingerprint density at radius 2 is 1.97 bits per heavy atom. The van der Waals surface area contributed by atoms with E-state index in [0.717, 1.165) is 22.0 Å². The molecule has 6 nitrogen and oxygen atoms in total. The Hall–Kier alpha value is -2.65. The maximum atomic E-state index is 14.5. The number of amides is 2. The fraction of sp³-hybridized carbons (Fsp3) is 0.333. The molecule has 1 atom stereocenters. The van der Waals surface area contributed by atoms with Gasteiger partial charge in [-0.3, -0.25) is 9.59 Å². The number of halogens is 1. The van der Waals surface area contributed by atoms with E-state index in [4.69, 9.17) is 0 Å². The maximum Gasteiger partial charge on any atom is 0.276 e. The van der Waals surface area contributed by atoms with Crippen LogP contribution in [0.2, 0.25) is 0 Å². The first-order valence-corrected chi connectivity index (χ1v) is 11.1. The number of carbonyl (C=O) groups excluding carboxylic acids is 2. The van der Waals surface area contributed by atoms with Gasteiger partial charge in [0.2, 0.25) is 5.91 Å². The summed E-state index contributed by atoms with van der Waals surface area (Å²) < 4.78 is 18.2. The molecule has 30 heavy (non-hydrogen) atoms. The van der Waals surface area contributed by atoms with Crippen LogP contribution in [0.5, 0.6) is 0 Å². The Balaban J connectivity index is 2.10. The third-order valence-corrected chi connectivity index (χ3v) is 5.92. The number of nitrogens with zero attached hydrogens (tertiary/aromatic N) is 3. The molecule has 0 saturated carbocycles. The molecule has 0 spiro atoms. The lowest BCUT2D eigenvalue weighted by atomic mass is 10.0. The van der Waals surface area contributed by atoms with Crippen molar-refractivity contribution < 1.29 is 14.0 Å². The van der Waals surface area contributed by atoms with E-state index in [0.29, 0.717) is 5.56 Å². The molecular formula is C21H23FN4O2S2. The van der Waals surface area contributed by atoms with Gasteiger partial charge >= 0.3 is 0 Å². The zero-order valence-electron chi connectivity index (χ0n) is 17.2. The number of nitrogens with one attached hydrogen (secondary N) is 1. The average molecular weight is 447 g/mol. The number of aryl methyl sites for hydroxylation is 1. The minimum Gasteiger partial charge on any atom is -0.349 e. The highest BCUT2D eigenvalue weighted by Crippen LogP contribution is 2.32. The minimum atomic E-state index is -0.932. The topological polar surface area (TPSA) is 75.2 Å². The van der Waals surface area contributed by atoms with Crippen LogP contribution >= 0.6 is 22.9 Å². The summed E-state index contributed by atoms with van der Waals surface area (Å²) in [6.45, 7) is 7.42. The van der Waals surface area contributed by atoms with Gasteiger partial charge in [0.15, 0.2) is 5.69 Å². The molecule has 0 aliphatic carbocycles. The SMILES string of the molecule is Cc1ccsc1[C@H](C(=O)NC(C)(C)C)N(Cc1ccccc1F)C(=O)c1csnn1. The second-order valence-electron chi connectivity index (χ2n) is 7.92. The molecule has 0 aliphatic rings. The van der Waals surface area contributed by atoms with Crippen LogP contribution in [-0.2, 0) is 11.3 Å². The highest BCUT2D eigenvalue weighted by atomic mass is 32.1. The number of carbonyl (C=O) groups is 2. The number of rotatable bonds is 6. The zero-order chi connectivity index (χ0) is 21.9. The molecule has 0 fully saturated rings. The van der Waals surface area contributed by atoms with Gasteiger partial charge in [0.25, 0.3) is 5.91 Å². The van der Waals surface area contributed by atoms with Gasteiger partial charge in [0.1, 0.15) is 11.9 Å². The third kappa shape index (κ3) is 5.09. The molecule has 2 aromatic heterocycles. The third-order valence-electron chi connectivity index (χ3n) is 4.35. The number of hydrogen-bond donors (Lipinski definition) is 1. The Bertz CT molecular complexity index is 1030. The highest BCUT2D eigenvalue weighted by molar-refractivity contribution is 7.10. The molecule has 9 heteroatoms. The normalized spacial score (nSPS) is 12.4. The summed E-state index contributed by atoms with van der Waals surface area (Å²) >= 11 is 2.43. The summed E-state index contributed by atoms with van der Waals surface area (Å²) in [5.74, 6) is -1.25. The van der Waals surface area contributed by atoms with Gasteiger partial charge in [-0.05, 0) is 62.3 Å². The molecule has 0 bridgehead atoms. The van der Waals surface area contributed by atoms with Gasteiger partial charge in [-0.2, -0.15) is 0 Å². The van der Waals surface area contributed by atoms with Crippen LogP contribution in [0.25, 0.3) is 0 Å². The van der Waals surface area contributed by atoms with Crippen LogP contribution in [-0.4, -0.2) is 31.8 Å². The molecule has 3 rings (SSSR count). The molecule has 0 radical (unpaired) electrons. The van der Waals surface area contributed by atoms with Crippen molar-refractivity contribution in [1.29, 1.82) is 0 Å². The lowest BCUT2D eigenvalue weighted by Gasteiger charge is -2.33. The van der Waals surface area contributed by atoms with Crippen LogP contribution in [0.3, 0.4) is 0 Å². The molecule has 3 aromatic rings. The molecule has 0 aliphatic heterocycles. The monoisotopic (exact) mass is 446 g/mol. The quantitative estimate of drug-likeness (QED) is 0.611. The second kappa shape index (κ2) is 9.01. The molecule has 0 saturated heterocycles. The van der Waals surface area contributed by atoms with Crippen molar-refractivity contribution in [2.45, 2.75) is 45.8 Å². The number of thiophene rings is 1. The van der Waals surface area contributed by atoms with Gasteiger partial charge in [0.05, 0.1) is 6.54 Å². The summed E-state index contributed by atoms with van der Waals surface area (Å²) in [6.07, 6.45) is 0. The fourth-order valence-electron chi connectivity index (χ4n) is 3.00. The predicted octanol–water partition coefficient (Wildman–Crippen LogP) is 4.35. The van der Waals surface area contributed by atoms with E-state index in [1.165, 1.54) is 27.7 Å². The Morgan fingerprint density at radius 3 is 2.53 bits per heavy atom. The first-order valence-electron chi connectivity index (χ1n) is 9.35. The molecule has 0 unspecified atom stereocenters. The summed E-state index contributed by atoms with van der Waals surface area (Å²) in [7, 11) is 0. The van der Waals surface area contributed by atoms with E-state index in [9.17, 15) is 14.0 Å². The molecule has 1 N–H and O–H groups in total. The Morgan fingerprint density at radius 1 is 1.23 bits per heavy atom. The fourth-order valence-corrected chi connectivity index (χ4v) is 4.47. The number of hydrogen-bond acceptors (Lipinski definition) is 6. The van der Waals surface area contributed by atoms with E-state index in [2.05, 4.69) is 14.9 Å². The van der Waals surface area contributed by atoms with Crippen molar-refractivity contribution in [3.8, 4) is 0 Å². The summed E-state index contributed by atoms with van der Waals surface area (Å²) in [5.41, 5.74) is 0.822. The van der Waals surface area contributed by atoms with E-state index in [1.54, 1.807) is 18.2 Å². The van der Waals surface area contributed by atoms with E-state index in [1.807, 2.05) is 39.1 Å². The molecular weight excluding hydrogens is 423 g/mol. The lowest BCUT2D eigenvalue weighted by molar-refractivity contribution is -0.127. The van der Waals surface area contributed by atoms with Gasteiger partial charge in [0, 0.05) is 21.4 Å². The summed E-state index contributed by atoms with van der Waals surface area (Å²) in [4.78, 5) is 28.8. The largest absolute Gasteiger partial charge is 0.349 e. The van der Waals surface area contributed by atoms with Gasteiger partial charge in [-0.1, -0.05) is 22.7 Å². The molecule has 2 amide bonds. The Labute approximate surface area is 182 Å². The molecule has 158 valence electrons. The first-order chi connectivity index (χ1) is 14.2. The van der Waals surface area contributed by atoms with Crippen LogP contribution in [0, 0.1) is 12.7 Å². The van der Waals surface area contributed by atoms with Crippen molar-refractivity contribution in [3.63, 3.8) is 0 Å². The summed E-state index contributed by atoms with van der Waals surface area (Å²) in [5, 5.41) is 10.2.